The van der Waals surface area contributed by atoms with Crippen molar-refractivity contribution in [2.45, 2.75) is 215 Å². The number of nitrogens with one attached hydrogen (secondary N) is 10. The van der Waals surface area contributed by atoms with Crippen LogP contribution in [-0.2, 0) is 85.8 Å². The van der Waals surface area contributed by atoms with E-state index in [1.807, 2.05) is 6.92 Å². The fourth-order valence-electron chi connectivity index (χ4n) is 10.9. The number of aliphatic hydroxyl groups excluding tert-OH is 9. The smallest absolute Gasteiger partial charge is 0.222 e. The van der Waals surface area contributed by atoms with Gasteiger partial charge in [0.2, 0.25) is 53.2 Å². The first kappa shape index (κ1) is 89.7. The lowest BCUT2D eigenvalue weighted by Crippen LogP contribution is -2.64. The Morgan fingerprint density at radius 3 is 0.980 bits per heavy atom. The Labute approximate surface area is 589 Å². The SMILES string of the molecule is CCNC(COCCC(=O)NCCCNC(=O)CCCCO[C@@H]1O[C@H](CO)[C@H](O)[C@H](O)C1CNC(C)=O)(COCCC(=O)NCCCNC(=O)CCCCO[C@@H]1O[C@H](CO)[C@H](O)[C@H](O)[C@H]1NC(C)=O)COCCC(=O)NCCCNC(=O)CCCCO[C@@H]1O[C@H](CO)[C@H](O)[C@H](O)[C@H]1NC(C)=O. The van der Waals surface area contributed by atoms with Gasteiger partial charge in [-0.05, 0) is 64.3 Å². The first-order valence-electron chi connectivity index (χ1n) is 35.0. The molecule has 9 amide bonds. The summed E-state index contributed by atoms with van der Waals surface area (Å²) in [6.07, 6.45) is -10.6. The molecule has 3 aliphatic rings. The Hall–Kier alpha value is -5.53. The molecule has 0 saturated carbocycles. The first-order chi connectivity index (χ1) is 48.4. The summed E-state index contributed by atoms with van der Waals surface area (Å²) in [7, 11) is 0. The van der Waals surface area contributed by atoms with Gasteiger partial charge in [0.15, 0.2) is 18.9 Å². The summed E-state index contributed by atoms with van der Waals surface area (Å²) in [5.41, 5.74) is -0.989. The summed E-state index contributed by atoms with van der Waals surface area (Å²) < 4.78 is 51.9. The monoisotopic (exact) mass is 1460 g/mol. The average molecular weight is 1460 g/mol. The predicted octanol–water partition coefficient (Wildman–Crippen LogP) is -6.94. The number of carbonyl (C=O) groups excluding carboxylic acids is 9. The molecule has 19 N–H and O–H groups in total. The number of rotatable bonds is 54. The lowest BCUT2D eigenvalue weighted by atomic mass is 9.90. The zero-order valence-corrected chi connectivity index (χ0v) is 58.8. The van der Waals surface area contributed by atoms with E-state index in [0.717, 1.165) is 0 Å². The number of carbonyl (C=O) groups is 9. The maximum Gasteiger partial charge on any atom is 0.222 e. The van der Waals surface area contributed by atoms with Gasteiger partial charge in [0.1, 0.15) is 60.9 Å². The zero-order chi connectivity index (χ0) is 74.5. The molecule has 0 radical (unpaired) electrons. The number of likely N-dealkylation sites (N-methyl/N-ethyl adjacent to an activating group) is 1. The zero-order valence-electron chi connectivity index (χ0n) is 58.8. The number of amides is 9. The Bertz CT molecular complexity index is 2310. The van der Waals surface area contributed by atoms with Crippen LogP contribution in [0.5, 0.6) is 0 Å². The minimum atomic E-state index is -1.44. The fraction of sp³-hybridized carbons (Fsp3) is 0.859. The van der Waals surface area contributed by atoms with Gasteiger partial charge in [-0.1, -0.05) is 6.92 Å². The van der Waals surface area contributed by atoms with E-state index >= 15 is 0 Å². The number of unbranched alkanes of at least 4 members (excludes halogenated alkanes) is 3. The molecular weight excluding hydrogens is 1340 g/mol. The van der Waals surface area contributed by atoms with Gasteiger partial charge in [-0.25, -0.2) is 0 Å². The number of hydrogen-bond acceptors (Lipinski definition) is 28. The highest BCUT2D eigenvalue weighted by atomic mass is 16.7. The van der Waals surface area contributed by atoms with Crippen LogP contribution in [0.1, 0.15) is 124 Å². The van der Waals surface area contributed by atoms with E-state index in [2.05, 4.69) is 53.2 Å². The Balaban J connectivity index is 1.38. The van der Waals surface area contributed by atoms with E-state index in [0.29, 0.717) is 84.0 Å². The summed E-state index contributed by atoms with van der Waals surface area (Å²) in [5, 5.41) is 118. The molecule has 101 heavy (non-hydrogen) atoms. The van der Waals surface area contributed by atoms with Gasteiger partial charge in [-0.15, -0.1) is 0 Å². The highest BCUT2D eigenvalue weighted by Gasteiger charge is 2.48. The Morgan fingerprint density at radius 1 is 0.366 bits per heavy atom. The number of ether oxygens (including phenoxy) is 9. The maximum absolute atomic E-state index is 12.8. The van der Waals surface area contributed by atoms with Crippen molar-refractivity contribution < 1.29 is 132 Å². The third-order valence-electron chi connectivity index (χ3n) is 16.4. The molecule has 3 heterocycles. The largest absolute Gasteiger partial charge is 0.394 e. The third kappa shape index (κ3) is 36.2. The van der Waals surface area contributed by atoms with Crippen molar-refractivity contribution in [2.75, 3.05) is 132 Å². The van der Waals surface area contributed by atoms with Crippen LogP contribution in [0.2, 0.25) is 0 Å². The van der Waals surface area contributed by atoms with E-state index in [1.165, 1.54) is 20.8 Å². The predicted molar refractivity (Wildman–Crippen MR) is 355 cm³/mol. The fourth-order valence-corrected chi connectivity index (χ4v) is 10.9. The van der Waals surface area contributed by atoms with Crippen molar-refractivity contribution in [3.63, 3.8) is 0 Å². The number of hydrogen-bond donors (Lipinski definition) is 19. The molecule has 0 aromatic heterocycles. The van der Waals surface area contributed by atoms with E-state index in [9.17, 15) is 89.1 Å². The van der Waals surface area contributed by atoms with E-state index in [1.54, 1.807) is 0 Å². The third-order valence-corrected chi connectivity index (χ3v) is 16.4. The van der Waals surface area contributed by atoms with Crippen LogP contribution >= 0.6 is 0 Å². The molecule has 37 nitrogen and oxygen atoms in total. The summed E-state index contributed by atoms with van der Waals surface area (Å²) in [6, 6.07) is -2.15. The van der Waals surface area contributed by atoms with Gasteiger partial charge in [0, 0.05) is 125 Å². The van der Waals surface area contributed by atoms with Gasteiger partial charge in [0.25, 0.3) is 0 Å². The van der Waals surface area contributed by atoms with Gasteiger partial charge in [-0.2, -0.15) is 0 Å². The lowest BCUT2D eigenvalue weighted by Gasteiger charge is -2.42. The molecule has 3 saturated heterocycles. The second-order valence-corrected chi connectivity index (χ2v) is 25.0. The van der Waals surface area contributed by atoms with Crippen LogP contribution in [0.3, 0.4) is 0 Å². The van der Waals surface area contributed by atoms with Crippen LogP contribution in [0.4, 0.5) is 0 Å². The van der Waals surface area contributed by atoms with Crippen molar-refractivity contribution in [1.82, 2.24) is 53.2 Å². The molecule has 0 spiro atoms. The molecule has 3 fully saturated rings. The van der Waals surface area contributed by atoms with Crippen LogP contribution in [0, 0.1) is 5.92 Å². The molecular formula is C64H116N10O27. The van der Waals surface area contributed by atoms with Gasteiger partial charge in [0.05, 0.1) is 77.0 Å². The standard InChI is InChI=1S/C64H116N10O27/c1-5-72-64(38-94-31-19-51(85)69-25-13-22-66-48(82)16-7-10-28-97-62-53(73-41(3)79)59(91)57(89)45(35-76)100-62,39-95-32-20-52(86)70-26-14-23-67-49(83)17-8-11-29-98-63-54(74-42(4)80)60(92)58(90)46(36-77)101-63)37-93-30-18-50(84)68-24-12-21-65-47(81)15-6-9-27-96-61-43(33-71-40(2)78)55(87)56(88)44(34-75)99-61/h43-46,53-63,72,75-77,87-92H,5-39H2,1-4H3,(H,65,81)(H,66,82)(H,67,83)(H,68,84)(H,69,85)(H,70,86)(H,71,78)(H,73,79)(H,74,80)/t43?,44-,45-,46-,53-,54-,55-,56+,57+,58+,59-,60-,61-,62-,63-/m1/s1. The molecule has 3 aliphatic heterocycles. The Kier molecular flexibility index (Phi) is 45.8. The topological polar surface area (TPSA) is 539 Å². The molecule has 0 aromatic rings. The van der Waals surface area contributed by atoms with Crippen molar-refractivity contribution >= 4 is 53.2 Å². The summed E-state index contributed by atoms with van der Waals surface area (Å²) in [6.45, 7) is 6.43. The first-order valence-corrected chi connectivity index (χ1v) is 35.0. The van der Waals surface area contributed by atoms with E-state index in [4.69, 9.17) is 42.6 Å². The lowest BCUT2D eigenvalue weighted by molar-refractivity contribution is -0.284. The Morgan fingerprint density at radius 2 is 0.673 bits per heavy atom. The van der Waals surface area contributed by atoms with Crippen LogP contribution in [0.15, 0.2) is 0 Å². The summed E-state index contributed by atoms with van der Waals surface area (Å²) in [5.74, 6) is -3.64. The highest BCUT2D eigenvalue weighted by Crippen LogP contribution is 2.28. The van der Waals surface area contributed by atoms with E-state index in [-0.39, 0.29) is 166 Å². The van der Waals surface area contributed by atoms with Crippen LogP contribution in [0.25, 0.3) is 0 Å². The van der Waals surface area contributed by atoms with Crippen LogP contribution in [-0.4, -0.2) is 322 Å². The molecule has 1 unspecified atom stereocenters. The van der Waals surface area contributed by atoms with Crippen LogP contribution < -0.4 is 53.2 Å². The van der Waals surface area contributed by atoms with Crippen molar-refractivity contribution in [1.29, 1.82) is 0 Å². The molecule has 0 aliphatic carbocycles. The second kappa shape index (κ2) is 51.6. The van der Waals surface area contributed by atoms with Gasteiger partial charge >= 0.3 is 0 Å². The normalized spacial score (nSPS) is 25.1. The minimum Gasteiger partial charge on any atom is -0.394 e. The highest BCUT2D eigenvalue weighted by molar-refractivity contribution is 5.78. The molecule has 584 valence electrons. The molecule has 15 atom stereocenters. The average Bonchev–Trinajstić information content (AvgIpc) is 0.823. The molecule has 0 aromatic carbocycles. The van der Waals surface area contributed by atoms with Crippen molar-refractivity contribution in [3.05, 3.63) is 0 Å². The van der Waals surface area contributed by atoms with Gasteiger partial charge < -0.3 is 142 Å². The van der Waals surface area contributed by atoms with Crippen molar-refractivity contribution in [2.24, 2.45) is 5.92 Å². The van der Waals surface area contributed by atoms with Crippen molar-refractivity contribution in [3.8, 4) is 0 Å². The second-order valence-electron chi connectivity index (χ2n) is 25.0. The molecule has 37 heteroatoms. The van der Waals surface area contributed by atoms with Gasteiger partial charge in [-0.3, -0.25) is 43.2 Å². The quantitative estimate of drug-likeness (QED) is 0.0252. The maximum atomic E-state index is 12.8. The van der Waals surface area contributed by atoms with E-state index < -0.39 is 129 Å². The summed E-state index contributed by atoms with van der Waals surface area (Å²) >= 11 is 0. The molecule has 0 bridgehead atoms. The minimum absolute atomic E-state index is 0.000876. The number of aliphatic hydroxyl groups is 9. The molecule has 3 rings (SSSR count). The summed E-state index contributed by atoms with van der Waals surface area (Å²) in [4.78, 5) is 111.